The Morgan fingerprint density at radius 1 is 1.04 bits per heavy atom. The van der Waals surface area contributed by atoms with Crippen LogP contribution in [-0.2, 0) is 13.0 Å². The largest absolute Gasteiger partial charge is 0.345 e. The van der Waals surface area contributed by atoms with Gasteiger partial charge < -0.3 is 4.90 Å². The first kappa shape index (κ1) is 15.5. The molecule has 3 heterocycles. The maximum atomic E-state index is 4.93. The van der Waals surface area contributed by atoms with Crippen LogP contribution >= 0.6 is 11.3 Å². The summed E-state index contributed by atoms with van der Waals surface area (Å²) >= 11 is 1.83. The fourth-order valence-corrected chi connectivity index (χ4v) is 4.32. The Morgan fingerprint density at radius 2 is 1.83 bits per heavy atom. The van der Waals surface area contributed by atoms with Crippen LogP contribution in [-0.4, -0.2) is 41.0 Å². The molecule has 0 radical (unpaired) electrons. The molecule has 0 unspecified atom stereocenters. The molecule has 24 heavy (non-hydrogen) atoms. The van der Waals surface area contributed by atoms with Gasteiger partial charge in [0.05, 0.1) is 10.2 Å². The van der Waals surface area contributed by atoms with Crippen molar-refractivity contribution in [2.24, 2.45) is 0 Å². The van der Waals surface area contributed by atoms with E-state index in [0.717, 1.165) is 39.1 Å². The SMILES string of the molecule is CCc1cccc2sc(N3CCN(Cc4ccncc4)CC3)nc12. The molecule has 4 rings (SSSR count). The number of hydrogen-bond acceptors (Lipinski definition) is 5. The van der Waals surface area contributed by atoms with Gasteiger partial charge in [0.15, 0.2) is 5.13 Å². The second-order valence-electron chi connectivity index (χ2n) is 6.23. The molecule has 0 bridgehead atoms. The molecule has 1 fully saturated rings. The number of aryl methyl sites for hydroxylation is 1. The molecule has 0 N–H and O–H groups in total. The van der Waals surface area contributed by atoms with Crippen LogP contribution < -0.4 is 4.90 Å². The number of anilines is 1. The predicted molar refractivity (Wildman–Crippen MR) is 101 cm³/mol. The quantitative estimate of drug-likeness (QED) is 0.728. The van der Waals surface area contributed by atoms with Gasteiger partial charge in [-0.2, -0.15) is 0 Å². The van der Waals surface area contributed by atoms with Crippen LogP contribution in [0.2, 0.25) is 0 Å². The van der Waals surface area contributed by atoms with Gasteiger partial charge in [0.1, 0.15) is 0 Å². The van der Waals surface area contributed by atoms with E-state index in [2.05, 4.69) is 52.0 Å². The third-order valence-corrected chi connectivity index (χ3v) is 5.75. The smallest absolute Gasteiger partial charge is 0.186 e. The zero-order valence-electron chi connectivity index (χ0n) is 14.0. The Morgan fingerprint density at radius 3 is 2.58 bits per heavy atom. The zero-order chi connectivity index (χ0) is 16.4. The topological polar surface area (TPSA) is 32.3 Å². The predicted octanol–water partition coefficient (Wildman–Crippen LogP) is 3.58. The summed E-state index contributed by atoms with van der Waals surface area (Å²) in [6.45, 7) is 7.47. The van der Waals surface area contributed by atoms with Crippen molar-refractivity contribution in [3.8, 4) is 0 Å². The molecule has 2 aromatic heterocycles. The lowest BCUT2D eigenvalue weighted by Crippen LogP contribution is -2.45. The van der Waals surface area contributed by atoms with E-state index in [0.29, 0.717) is 0 Å². The van der Waals surface area contributed by atoms with Crippen LogP contribution in [0.4, 0.5) is 5.13 Å². The van der Waals surface area contributed by atoms with Crippen LogP contribution in [0, 0.1) is 0 Å². The van der Waals surface area contributed by atoms with Crippen molar-refractivity contribution in [1.82, 2.24) is 14.9 Å². The number of hydrogen-bond donors (Lipinski definition) is 0. The van der Waals surface area contributed by atoms with Crippen molar-refractivity contribution in [2.75, 3.05) is 31.1 Å². The lowest BCUT2D eigenvalue weighted by atomic mass is 10.1. The molecule has 0 saturated carbocycles. The highest BCUT2D eigenvalue weighted by Crippen LogP contribution is 2.31. The van der Waals surface area contributed by atoms with E-state index >= 15 is 0 Å². The first-order chi connectivity index (χ1) is 11.8. The van der Waals surface area contributed by atoms with Gasteiger partial charge in [0.25, 0.3) is 0 Å². The second-order valence-corrected chi connectivity index (χ2v) is 7.24. The molecule has 4 nitrogen and oxygen atoms in total. The van der Waals surface area contributed by atoms with Crippen LogP contribution in [0.3, 0.4) is 0 Å². The highest BCUT2D eigenvalue weighted by Gasteiger charge is 2.20. The molecule has 0 amide bonds. The molecule has 5 heteroatoms. The summed E-state index contributed by atoms with van der Waals surface area (Å²) < 4.78 is 1.31. The molecule has 124 valence electrons. The minimum Gasteiger partial charge on any atom is -0.345 e. The first-order valence-corrected chi connectivity index (χ1v) is 9.40. The van der Waals surface area contributed by atoms with Crippen LogP contribution in [0.15, 0.2) is 42.7 Å². The molecule has 0 spiro atoms. The normalized spacial score (nSPS) is 16.0. The van der Waals surface area contributed by atoms with E-state index < -0.39 is 0 Å². The number of pyridine rings is 1. The van der Waals surface area contributed by atoms with Crippen molar-refractivity contribution in [3.05, 3.63) is 53.9 Å². The van der Waals surface area contributed by atoms with Gasteiger partial charge in [0.2, 0.25) is 0 Å². The van der Waals surface area contributed by atoms with Gasteiger partial charge in [-0.25, -0.2) is 4.98 Å². The highest BCUT2D eigenvalue weighted by atomic mass is 32.1. The van der Waals surface area contributed by atoms with Crippen molar-refractivity contribution in [1.29, 1.82) is 0 Å². The first-order valence-electron chi connectivity index (χ1n) is 8.58. The van der Waals surface area contributed by atoms with Crippen molar-refractivity contribution < 1.29 is 0 Å². The number of fused-ring (bicyclic) bond motifs is 1. The number of nitrogens with zero attached hydrogens (tertiary/aromatic N) is 4. The third kappa shape index (κ3) is 3.14. The van der Waals surface area contributed by atoms with E-state index in [1.165, 1.54) is 26.5 Å². The van der Waals surface area contributed by atoms with Crippen molar-refractivity contribution >= 4 is 26.7 Å². The van der Waals surface area contributed by atoms with E-state index in [1.807, 2.05) is 23.7 Å². The van der Waals surface area contributed by atoms with E-state index in [4.69, 9.17) is 4.98 Å². The summed E-state index contributed by atoms with van der Waals surface area (Å²) in [6.07, 6.45) is 4.79. The van der Waals surface area contributed by atoms with Crippen LogP contribution in [0.1, 0.15) is 18.1 Å². The Balaban J connectivity index is 1.44. The molecule has 1 aliphatic rings. The summed E-state index contributed by atoms with van der Waals surface area (Å²) in [5.74, 6) is 0. The minimum absolute atomic E-state index is 1.01. The van der Waals surface area contributed by atoms with E-state index in [1.54, 1.807) is 0 Å². The molecule has 1 aromatic carbocycles. The van der Waals surface area contributed by atoms with Gasteiger partial charge in [-0.15, -0.1) is 0 Å². The molecule has 1 aliphatic heterocycles. The maximum absolute atomic E-state index is 4.93. The Bertz CT molecular complexity index is 807. The molecule has 3 aromatic rings. The van der Waals surface area contributed by atoms with Gasteiger partial charge in [-0.3, -0.25) is 9.88 Å². The zero-order valence-corrected chi connectivity index (χ0v) is 14.8. The van der Waals surface area contributed by atoms with Crippen molar-refractivity contribution in [3.63, 3.8) is 0 Å². The Kier molecular flexibility index (Phi) is 4.45. The van der Waals surface area contributed by atoms with Gasteiger partial charge in [-0.05, 0) is 35.7 Å². The third-order valence-electron chi connectivity index (χ3n) is 4.67. The summed E-state index contributed by atoms with van der Waals surface area (Å²) in [7, 11) is 0. The Hall–Kier alpha value is -1.98. The Labute approximate surface area is 146 Å². The molecule has 0 aliphatic carbocycles. The summed E-state index contributed by atoms with van der Waals surface area (Å²) in [5, 5.41) is 1.18. The fraction of sp³-hybridized carbons (Fsp3) is 0.368. The number of piperazine rings is 1. The molecular formula is C19H22N4S. The molecule has 0 atom stereocenters. The lowest BCUT2D eigenvalue weighted by Gasteiger charge is -2.34. The lowest BCUT2D eigenvalue weighted by molar-refractivity contribution is 0.250. The van der Waals surface area contributed by atoms with Gasteiger partial charge in [-0.1, -0.05) is 30.4 Å². The minimum atomic E-state index is 1.01. The summed E-state index contributed by atoms with van der Waals surface area (Å²) in [5.41, 5.74) is 3.89. The number of rotatable bonds is 4. The maximum Gasteiger partial charge on any atom is 0.186 e. The van der Waals surface area contributed by atoms with Crippen LogP contribution in [0.25, 0.3) is 10.2 Å². The van der Waals surface area contributed by atoms with Crippen molar-refractivity contribution in [2.45, 2.75) is 19.9 Å². The summed E-state index contributed by atoms with van der Waals surface area (Å²) in [6, 6.07) is 10.7. The fourth-order valence-electron chi connectivity index (χ4n) is 3.26. The molecular weight excluding hydrogens is 316 g/mol. The van der Waals surface area contributed by atoms with Gasteiger partial charge >= 0.3 is 0 Å². The molecule has 1 saturated heterocycles. The second kappa shape index (κ2) is 6.87. The number of aromatic nitrogens is 2. The standard InChI is InChI=1S/C19H22N4S/c1-2-16-4-3-5-17-18(16)21-19(24-17)23-12-10-22(11-13-23)14-15-6-8-20-9-7-15/h3-9H,2,10-14H2,1H3. The van der Waals surface area contributed by atoms with E-state index in [9.17, 15) is 0 Å². The van der Waals surface area contributed by atoms with E-state index in [-0.39, 0.29) is 0 Å². The number of benzene rings is 1. The van der Waals surface area contributed by atoms with Gasteiger partial charge in [0, 0.05) is 45.1 Å². The monoisotopic (exact) mass is 338 g/mol. The number of para-hydroxylation sites is 1. The highest BCUT2D eigenvalue weighted by molar-refractivity contribution is 7.22. The average Bonchev–Trinajstić information content (AvgIpc) is 3.07. The number of thiazole rings is 1. The average molecular weight is 338 g/mol. The summed E-state index contributed by atoms with van der Waals surface area (Å²) in [4.78, 5) is 14.0. The van der Waals surface area contributed by atoms with Crippen LogP contribution in [0.5, 0.6) is 0 Å².